The van der Waals surface area contributed by atoms with Crippen molar-refractivity contribution in [2.75, 3.05) is 26.3 Å². The first kappa shape index (κ1) is 18.9. The van der Waals surface area contributed by atoms with Crippen molar-refractivity contribution in [2.45, 2.75) is 38.6 Å². The Balaban J connectivity index is 0.00000208. The van der Waals surface area contributed by atoms with Crippen molar-refractivity contribution in [1.29, 1.82) is 0 Å². The number of rotatable bonds is 3. The second-order valence-corrected chi connectivity index (χ2v) is 7.13. The van der Waals surface area contributed by atoms with Gasteiger partial charge in [-0.15, -0.1) is 12.4 Å². The number of carbonyl (C=O) groups excluding carboxylic acids is 1. The van der Waals surface area contributed by atoms with Crippen LogP contribution >= 0.6 is 12.4 Å². The fourth-order valence-electron chi connectivity index (χ4n) is 3.51. The molecule has 0 bridgehead atoms. The zero-order chi connectivity index (χ0) is 16.6. The first-order chi connectivity index (χ1) is 10.9. The normalized spacial score (nSPS) is 22.9. The lowest BCUT2D eigenvalue weighted by molar-refractivity contribution is -0.136. The summed E-state index contributed by atoms with van der Waals surface area (Å²) < 4.78 is 11.2. The molecule has 2 N–H and O–H groups in total. The molecule has 5 nitrogen and oxygen atoms in total. The molecule has 1 fully saturated rings. The summed E-state index contributed by atoms with van der Waals surface area (Å²) in [6.45, 7) is 8.57. The molecule has 1 aromatic rings. The van der Waals surface area contributed by atoms with Crippen molar-refractivity contribution in [2.24, 2.45) is 11.7 Å². The van der Waals surface area contributed by atoms with Crippen LogP contribution in [0.2, 0.25) is 0 Å². The lowest BCUT2D eigenvalue weighted by Gasteiger charge is -2.33. The number of hydrogen-bond acceptors (Lipinski definition) is 4. The van der Waals surface area contributed by atoms with Crippen molar-refractivity contribution in [3.63, 3.8) is 0 Å². The van der Waals surface area contributed by atoms with E-state index in [0.717, 1.165) is 30.0 Å². The summed E-state index contributed by atoms with van der Waals surface area (Å²) in [7, 11) is 0. The van der Waals surface area contributed by atoms with E-state index in [2.05, 4.69) is 6.92 Å². The van der Waals surface area contributed by atoms with E-state index in [4.69, 9.17) is 15.2 Å². The highest BCUT2D eigenvalue weighted by molar-refractivity contribution is 5.88. The highest BCUT2D eigenvalue weighted by Crippen LogP contribution is 2.37. The third-order valence-corrected chi connectivity index (χ3v) is 5.05. The van der Waals surface area contributed by atoms with Gasteiger partial charge in [0.25, 0.3) is 0 Å². The van der Waals surface area contributed by atoms with Crippen LogP contribution < -0.4 is 15.2 Å². The number of likely N-dealkylation sites (tertiary alicyclic amines) is 1. The van der Waals surface area contributed by atoms with E-state index in [1.54, 1.807) is 0 Å². The van der Waals surface area contributed by atoms with Crippen LogP contribution in [0.15, 0.2) is 18.2 Å². The van der Waals surface area contributed by atoms with Gasteiger partial charge in [-0.1, -0.05) is 6.07 Å². The molecule has 6 heteroatoms. The Kier molecular flexibility index (Phi) is 5.66. The van der Waals surface area contributed by atoms with Crippen molar-refractivity contribution in [3.05, 3.63) is 23.8 Å². The lowest BCUT2D eigenvalue weighted by Crippen LogP contribution is -2.45. The SMILES string of the molecule is CC1CC(CN)CN1C(=O)C(C)(C)c1ccc2c(c1)OCCO2.Cl. The molecular weight excluding hydrogens is 328 g/mol. The van der Waals surface area contributed by atoms with Crippen LogP contribution in [0.25, 0.3) is 0 Å². The molecule has 0 spiro atoms. The number of amides is 1. The molecule has 1 amide bonds. The Hall–Kier alpha value is -1.46. The standard InChI is InChI=1S/C18H26N2O3.ClH/c1-12-8-13(10-19)11-20(12)17(21)18(2,3)14-4-5-15-16(9-14)23-7-6-22-15;/h4-5,9,12-13H,6-8,10-11,19H2,1-3H3;1H. The van der Waals surface area contributed by atoms with Gasteiger partial charge in [-0.25, -0.2) is 0 Å². The van der Waals surface area contributed by atoms with Gasteiger partial charge >= 0.3 is 0 Å². The molecule has 2 heterocycles. The van der Waals surface area contributed by atoms with Gasteiger partial charge in [-0.05, 0) is 57.4 Å². The number of carbonyl (C=O) groups is 1. The van der Waals surface area contributed by atoms with Gasteiger partial charge in [-0.3, -0.25) is 4.79 Å². The molecule has 2 atom stereocenters. The largest absolute Gasteiger partial charge is 0.486 e. The maximum atomic E-state index is 13.1. The van der Waals surface area contributed by atoms with Gasteiger partial charge < -0.3 is 20.1 Å². The number of nitrogens with two attached hydrogens (primary N) is 1. The molecule has 3 rings (SSSR count). The Bertz CT molecular complexity index is 606. The molecule has 1 saturated heterocycles. The molecule has 0 aliphatic carbocycles. The maximum absolute atomic E-state index is 13.1. The van der Waals surface area contributed by atoms with Crippen LogP contribution in [0.1, 0.15) is 32.8 Å². The second-order valence-electron chi connectivity index (χ2n) is 7.13. The predicted molar refractivity (Wildman–Crippen MR) is 96.0 cm³/mol. The summed E-state index contributed by atoms with van der Waals surface area (Å²) in [5, 5.41) is 0. The molecule has 24 heavy (non-hydrogen) atoms. The highest BCUT2D eigenvalue weighted by Gasteiger charge is 2.40. The van der Waals surface area contributed by atoms with Crippen LogP contribution in [0.4, 0.5) is 0 Å². The zero-order valence-electron chi connectivity index (χ0n) is 14.6. The van der Waals surface area contributed by atoms with E-state index < -0.39 is 5.41 Å². The quantitative estimate of drug-likeness (QED) is 0.905. The number of ether oxygens (including phenoxy) is 2. The highest BCUT2D eigenvalue weighted by atomic mass is 35.5. The summed E-state index contributed by atoms with van der Waals surface area (Å²) >= 11 is 0. The van der Waals surface area contributed by atoms with E-state index in [0.29, 0.717) is 25.7 Å². The van der Waals surface area contributed by atoms with Crippen molar-refractivity contribution < 1.29 is 14.3 Å². The number of hydrogen-bond donors (Lipinski definition) is 1. The van der Waals surface area contributed by atoms with Crippen LogP contribution in [-0.4, -0.2) is 43.2 Å². The Morgan fingerprint density at radius 1 is 1.29 bits per heavy atom. The van der Waals surface area contributed by atoms with E-state index in [-0.39, 0.29) is 24.4 Å². The fourth-order valence-corrected chi connectivity index (χ4v) is 3.51. The molecule has 0 saturated carbocycles. The van der Waals surface area contributed by atoms with Crippen molar-refractivity contribution in [3.8, 4) is 11.5 Å². The average molecular weight is 355 g/mol. The zero-order valence-corrected chi connectivity index (χ0v) is 15.4. The molecule has 2 aliphatic rings. The van der Waals surface area contributed by atoms with Gasteiger partial charge in [0.05, 0.1) is 5.41 Å². The third-order valence-electron chi connectivity index (χ3n) is 5.05. The summed E-state index contributed by atoms with van der Waals surface area (Å²) in [6, 6.07) is 6.04. The first-order valence-electron chi connectivity index (χ1n) is 8.34. The number of nitrogens with zero attached hydrogens (tertiary/aromatic N) is 1. The topological polar surface area (TPSA) is 64.8 Å². The predicted octanol–water partition coefficient (Wildman–Crippen LogP) is 2.35. The van der Waals surface area contributed by atoms with Gasteiger partial charge in [0, 0.05) is 12.6 Å². The molecular formula is C18H27ClN2O3. The van der Waals surface area contributed by atoms with Crippen molar-refractivity contribution in [1.82, 2.24) is 4.90 Å². The smallest absolute Gasteiger partial charge is 0.232 e. The van der Waals surface area contributed by atoms with Crippen LogP contribution in [0.5, 0.6) is 11.5 Å². The first-order valence-corrected chi connectivity index (χ1v) is 8.34. The monoisotopic (exact) mass is 354 g/mol. The van der Waals surface area contributed by atoms with Gasteiger partial charge in [-0.2, -0.15) is 0 Å². The summed E-state index contributed by atoms with van der Waals surface area (Å²) in [6.07, 6.45) is 0.986. The second kappa shape index (κ2) is 7.19. The van der Waals surface area contributed by atoms with E-state index in [1.807, 2.05) is 36.9 Å². The Labute approximate surface area is 149 Å². The molecule has 1 aromatic carbocycles. The number of fused-ring (bicyclic) bond motifs is 1. The number of benzene rings is 1. The van der Waals surface area contributed by atoms with E-state index in [1.165, 1.54) is 0 Å². The Morgan fingerprint density at radius 2 is 1.96 bits per heavy atom. The minimum atomic E-state index is -0.604. The summed E-state index contributed by atoms with van der Waals surface area (Å²) in [5.74, 6) is 2.03. The van der Waals surface area contributed by atoms with Crippen LogP contribution in [-0.2, 0) is 10.2 Å². The molecule has 0 radical (unpaired) electrons. The minimum absolute atomic E-state index is 0. The summed E-state index contributed by atoms with van der Waals surface area (Å²) in [5.41, 5.74) is 6.14. The van der Waals surface area contributed by atoms with E-state index >= 15 is 0 Å². The van der Waals surface area contributed by atoms with Crippen LogP contribution in [0, 0.1) is 5.92 Å². The van der Waals surface area contributed by atoms with Crippen LogP contribution in [0.3, 0.4) is 0 Å². The third kappa shape index (κ3) is 3.33. The van der Waals surface area contributed by atoms with Gasteiger partial charge in [0.2, 0.25) is 5.91 Å². The molecule has 134 valence electrons. The molecule has 2 aliphatic heterocycles. The minimum Gasteiger partial charge on any atom is -0.486 e. The lowest BCUT2D eigenvalue weighted by atomic mass is 9.82. The average Bonchev–Trinajstić information content (AvgIpc) is 2.94. The van der Waals surface area contributed by atoms with Gasteiger partial charge in [0.15, 0.2) is 11.5 Å². The van der Waals surface area contributed by atoms with E-state index in [9.17, 15) is 4.79 Å². The number of halogens is 1. The Morgan fingerprint density at radius 3 is 2.58 bits per heavy atom. The maximum Gasteiger partial charge on any atom is 0.232 e. The fraction of sp³-hybridized carbons (Fsp3) is 0.611. The molecule has 2 unspecified atom stereocenters. The van der Waals surface area contributed by atoms with Crippen molar-refractivity contribution >= 4 is 18.3 Å². The molecule has 0 aromatic heterocycles. The summed E-state index contributed by atoms with van der Waals surface area (Å²) in [4.78, 5) is 15.1. The van der Waals surface area contributed by atoms with Gasteiger partial charge in [0.1, 0.15) is 13.2 Å².